The topological polar surface area (TPSA) is 90.1 Å². The summed E-state index contributed by atoms with van der Waals surface area (Å²) in [6.45, 7) is 0. The Bertz CT molecular complexity index is 663. The summed E-state index contributed by atoms with van der Waals surface area (Å²) in [5, 5.41) is 2.59. The highest BCUT2D eigenvalue weighted by Gasteiger charge is 2.03. The molecule has 0 radical (unpaired) electrons. The van der Waals surface area contributed by atoms with Crippen LogP contribution >= 0.6 is 0 Å². The third kappa shape index (κ3) is 6.26. The predicted molar refractivity (Wildman–Crippen MR) is 89.0 cm³/mol. The molecule has 23 heavy (non-hydrogen) atoms. The number of nitrogens with two attached hydrogens (primary N) is 1. The van der Waals surface area contributed by atoms with Crippen LogP contribution in [0, 0.1) is 0 Å². The fourth-order valence-electron chi connectivity index (χ4n) is 1.54. The fraction of sp³-hybridized carbons (Fsp3) is 0. The Hall–Kier alpha value is -3.41. The molecule has 1 amide bonds. The first-order valence-electron chi connectivity index (χ1n) is 6.83. The largest absolute Gasteiger partial charge is 0.417 e. The molecule has 3 N–H and O–H groups in total. The second-order valence-electron chi connectivity index (χ2n) is 4.34. The maximum Gasteiger partial charge on any atom is 0.417 e. The van der Waals surface area contributed by atoms with E-state index in [1.807, 2.05) is 6.07 Å². The van der Waals surface area contributed by atoms with Crippen molar-refractivity contribution in [3.63, 3.8) is 0 Å². The molecule has 0 saturated heterocycles. The lowest BCUT2D eigenvalue weighted by atomic mass is 10.3. The van der Waals surface area contributed by atoms with Crippen LogP contribution in [0.3, 0.4) is 0 Å². The van der Waals surface area contributed by atoms with E-state index < -0.39 is 6.09 Å². The van der Waals surface area contributed by atoms with E-state index in [0.29, 0.717) is 11.4 Å². The van der Waals surface area contributed by atoms with Crippen molar-refractivity contribution in [2.24, 2.45) is 0 Å². The molecule has 2 heterocycles. The molecule has 6 nitrogen and oxygen atoms in total. The van der Waals surface area contributed by atoms with E-state index in [0.717, 1.165) is 5.69 Å². The maximum absolute atomic E-state index is 11.4. The van der Waals surface area contributed by atoms with Crippen LogP contribution in [0.5, 0.6) is 5.75 Å². The molecule has 0 bridgehead atoms. The third-order valence-corrected chi connectivity index (χ3v) is 2.59. The van der Waals surface area contributed by atoms with Crippen molar-refractivity contribution < 1.29 is 9.53 Å². The van der Waals surface area contributed by atoms with Gasteiger partial charge in [0.1, 0.15) is 5.75 Å². The number of ether oxygens (including phenoxy) is 1. The van der Waals surface area contributed by atoms with Gasteiger partial charge in [0.25, 0.3) is 0 Å². The van der Waals surface area contributed by atoms with Crippen LogP contribution in [0.4, 0.5) is 16.2 Å². The molecule has 0 atom stereocenters. The van der Waals surface area contributed by atoms with Crippen LogP contribution < -0.4 is 15.8 Å². The van der Waals surface area contributed by atoms with E-state index >= 15 is 0 Å². The molecule has 2 aromatic heterocycles. The number of carbonyl (C=O) groups is 1. The Kier molecular flexibility index (Phi) is 6.10. The molecule has 0 spiro atoms. The standard InChI is InChI=1S/C12H10N2O2.C5H6N2/c15-12(14-10-6-8-13-9-7-10)16-11-4-2-1-3-5-11;6-5-1-3-7-4-2-5/h1-9H,(H,13,14,15);1-4H,(H2,6,7). The summed E-state index contributed by atoms with van der Waals surface area (Å²) in [5.74, 6) is 0.508. The summed E-state index contributed by atoms with van der Waals surface area (Å²) in [7, 11) is 0. The van der Waals surface area contributed by atoms with Crippen LogP contribution in [0.25, 0.3) is 0 Å². The molecule has 0 fully saturated rings. The molecule has 0 unspecified atom stereocenters. The highest BCUT2D eigenvalue weighted by atomic mass is 16.6. The number of pyridine rings is 2. The SMILES string of the molecule is Nc1ccncc1.O=C(Nc1ccncc1)Oc1ccccc1. The molecule has 0 saturated carbocycles. The molecular weight excluding hydrogens is 292 g/mol. The molecule has 0 aliphatic heterocycles. The van der Waals surface area contributed by atoms with Gasteiger partial charge in [-0.25, -0.2) is 4.79 Å². The Morgan fingerprint density at radius 3 is 1.96 bits per heavy atom. The van der Waals surface area contributed by atoms with Crippen molar-refractivity contribution in [1.29, 1.82) is 0 Å². The summed E-state index contributed by atoms with van der Waals surface area (Å²) >= 11 is 0. The maximum atomic E-state index is 11.4. The molecule has 1 aromatic carbocycles. The van der Waals surface area contributed by atoms with Gasteiger partial charge in [0.15, 0.2) is 0 Å². The molecule has 0 aliphatic carbocycles. The van der Waals surface area contributed by atoms with Crippen LogP contribution in [0.15, 0.2) is 79.4 Å². The average molecular weight is 308 g/mol. The molecular formula is C17H16N4O2. The summed E-state index contributed by atoms with van der Waals surface area (Å²) in [6, 6.07) is 15.8. The number of hydrogen-bond donors (Lipinski definition) is 2. The summed E-state index contributed by atoms with van der Waals surface area (Å²) in [6.07, 6.45) is 6.00. The number of amides is 1. The van der Waals surface area contributed by atoms with E-state index in [1.165, 1.54) is 0 Å². The van der Waals surface area contributed by atoms with Gasteiger partial charge in [-0.1, -0.05) is 18.2 Å². The van der Waals surface area contributed by atoms with Crippen LogP contribution in [-0.2, 0) is 0 Å². The van der Waals surface area contributed by atoms with E-state index in [2.05, 4.69) is 15.3 Å². The zero-order valence-electron chi connectivity index (χ0n) is 12.3. The van der Waals surface area contributed by atoms with E-state index in [1.54, 1.807) is 73.3 Å². The summed E-state index contributed by atoms with van der Waals surface area (Å²) < 4.78 is 5.05. The Labute approximate surface area is 134 Å². The lowest BCUT2D eigenvalue weighted by Gasteiger charge is -2.05. The highest BCUT2D eigenvalue weighted by molar-refractivity contribution is 5.86. The van der Waals surface area contributed by atoms with Gasteiger partial charge in [-0.2, -0.15) is 0 Å². The summed E-state index contributed by atoms with van der Waals surface area (Å²) in [5.41, 5.74) is 6.73. The fourth-order valence-corrected chi connectivity index (χ4v) is 1.54. The van der Waals surface area contributed by atoms with Gasteiger partial charge in [-0.05, 0) is 36.4 Å². The van der Waals surface area contributed by atoms with Crippen LogP contribution in [0.2, 0.25) is 0 Å². The molecule has 116 valence electrons. The smallest absolute Gasteiger partial charge is 0.410 e. The number of benzene rings is 1. The zero-order chi connectivity index (χ0) is 16.3. The minimum atomic E-state index is -0.516. The lowest BCUT2D eigenvalue weighted by Crippen LogP contribution is -2.16. The number of anilines is 2. The number of nitrogens with one attached hydrogen (secondary N) is 1. The number of nitrogens with zero attached hydrogens (tertiary/aromatic N) is 2. The predicted octanol–water partition coefficient (Wildman–Crippen LogP) is 3.36. The first-order valence-corrected chi connectivity index (χ1v) is 6.83. The highest BCUT2D eigenvalue weighted by Crippen LogP contribution is 2.10. The van der Waals surface area contributed by atoms with Crippen molar-refractivity contribution >= 4 is 17.5 Å². The first-order chi connectivity index (χ1) is 11.2. The average Bonchev–Trinajstić information content (AvgIpc) is 2.58. The normalized spacial score (nSPS) is 9.22. The van der Waals surface area contributed by atoms with Crippen molar-refractivity contribution in [3.8, 4) is 5.75 Å². The Balaban J connectivity index is 0.000000229. The zero-order valence-corrected chi connectivity index (χ0v) is 12.3. The van der Waals surface area contributed by atoms with Gasteiger partial charge >= 0.3 is 6.09 Å². The molecule has 0 aliphatic rings. The van der Waals surface area contributed by atoms with Crippen molar-refractivity contribution in [2.75, 3.05) is 11.1 Å². The second kappa shape index (κ2) is 8.78. The van der Waals surface area contributed by atoms with Gasteiger partial charge < -0.3 is 10.5 Å². The quantitative estimate of drug-likeness (QED) is 0.757. The van der Waals surface area contributed by atoms with Gasteiger partial charge in [-0.15, -0.1) is 0 Å². The van der Waals surface area contributed by atoms with Crippen molar-refractivity contribution in [2.45, 2.75) is 0 Å². The van der Waals surface area contributed by atoms with Gasteiger partial charge in [0, 0.05) is 36.2 Å². The van der Waals surface area contributed by atoms with Crippen LogP contribution in [0.1, 0.15) is 0 Å². The molecule has 3 aromatic rings. The van der Waals surface area contributed by atoms with Gasteiger partial charge in [0.2, 0.25) is 0 Å². The van der Waals surface area contributed by atoms with Gasteiger partial charge in [-0.3, -0.25) is 15.3 Å². The Morgan fingerprint density at radius 2 is 1.43 bits per heavy atom. The number of carbonyl (C=O) groups excluding carboxylic acids is 1. The van der Waals surface area contributed by atoms with E-state index in [-0.39, 0.29) is 0 Å². The molecule has 6 heteroatoms. The minimum Gasteiger partial charge on any atom is -0.410 e. The van der Waals surface area contributed by atoms with E-state index in [9.17, 15) is 4.79 Å². The molecule has 3 rings (SSSR count). The third-order valence-electron chi connectivity index (χ3n) is 2.59. The monoisotopic (exact) mass is 308 g/mol. The second-order valence-corrected chi connectivity index (χ2v) is 4.34. The summed E-state index contributed by atoms with van der Waals surface area (Å²) in [4.78, 5) is 19.0. The number of rotatable bonds is 2. The van der Waals surface area contributed by atoms with Crippen LogP contribution in [-0.4, -0.2) is 16.1 Å². The Morgan fingerprint density at radius 1 is 0.870 bits per heavy atom. The number of aromatic nitrogens is 2. The first kappa shape index (κ1) is 16.0. The number of hydrogen-bond acceptors (Lipinski definition) is 5. The minimum absolute atomic E-state index is 0.508. The van der Waals surface area contributed by atoms with Crippen molar-refractivity contribution in [1.82, 2.24) is 9.97 Å². The van der Waals surface area contributed by atoms with Gasteiger partial charge in [0.05, 0.1) is 0 Å². The van der Waals surface area contributed by atoms with Crippen molar-refractivity contribution in [3.05, 3.63) is 79.4 Å². The number of para-hydroxylation sites is 1. The van der Waals surface area contributed by atoms with E-state index in [4.69, 9.17) is 10.5 Å². The lowest BCUT2D eigenvalue weighted by molar-refractivity contribution is 0.215. The number of nitrogen functional groups attached to an aromatic ring is 1.